The first-order valence-corrected chi connectivity index (χ1v) is 4.33. The van der Waals surface area contributed by atoms with Crippen LogP contribution in [0.15, 0.2) is 6.20 Å². The van der Waals surface area contributed by atoms with E-state index in [2.05, 4.69) is 17.2 Å². The fourth-order valence-corrected chi connectivity index (χ4v) is 0.880. The average Bonchev–Trinajstić information content (AvgIpc) is 2.53. The van der Waals surface area contributed by atoms with E-state index in [-0.39, 0.29) is 0 Å². The molecule has 0 spiro atoms. The Hall–Kier alpha value is -0.900. The summed E-state index contributed by atoms with van der Waals surface area (Å²) < 4.78 is 7.11. The van der Waals surface area contributed by atoms with Crippen LogP contribution >= 0.6 is 0 Å². The number of aryl methyl sites for hydroxylation is 1. The Bertz CT molecular complexity index is 222. The van der Waals surface area contributed by atoms with Crippen LogP contribution in [0, 0.1) is 0 Å². The third kappa shape index (κ3) is 2.62. The van der Waals surface area contributed by atoms with Crippen LogP contribution in [0.2, 0.25) is 0 Å². The Labute approximate surface area is 72.5 Å². The van der Waals surface area contributed by atoms with Crippen molar-refractivity contribution in [2.75, 3.05) is 6.61 Å². The van der Waals surface area contributed by atoms with Gasteiger partial charge in [-0.3, -0.25) is 4.68 Å². The molecule has 0 fully saturated rings. The second kappa shape index (κ2) is 4.87. The molecule has 0 atom stereocenters. The number of aromatic nitrogens is 3. The highest BCUT2D eigenvalue weighted by Crippen LogP contribution is 1.95. The number of ether oxygens (including phenoxy) is 1. The summed E-state index contributed by atoms with van der Waals surface area (Å²) in [7, 11) is 0. The lowest BCUT2D eigenvalue weighted by molar-refractivity contribution is 0.119. The maximum atomic E-state index is 5.31. The molecule has 0 saturated carbocycles. The van der Waals surface area contributed by atoms with Crippen LogP contribution < -0.4 is 0 Å². The van der Waals surface area contributed by atoms with Crippen LogP contribution in [0.5, 0.6) is 0 Å². The third-order valence-corrected chi connectivity index (χ3v) is 1.51. The second-order valence-corrected chi connectivity index (χ2v) is 2.62. The summed E-state index contributed by atoms with van der Waals surface area (Å²) in [5.74, 6) is 0. The molecular formula is C8H15N3O. The molecule has 0 aromatic carbocycles. The maximum Gasteiger partial charge on any atom is 0.108 e. The normalized spacial score (nSPS) is 10.5. The topological polar surface area (TPSA) is 39.9 Å². The van der Waals surface area contributed by atoms with Gasteiger partial charge in [0.15, 0.2) is 0 Å². The molecule has 0 aliphatic carbocycles. The molecule has 1 aromatic rings. The highest BCUT2D eigenvalue weighted by molar-refractivity contribution is 4.89. The first kappa shape index (κ1) is 9.19. The monoisotopic (exact) mass is 169 g/mol. The first-order chi connectivity index (χ1) is 5.86. The maximum absolute atomic E-state index is 5.31. The van der Waals surface area contributed by atoms with Crippen molar-refractivity contribution >= 4 is 0 Å². The molecule has 12 heavy (non-hydrogen) atoms. The molecule has 68 valence electrons. The summed E-state index contributed by atoms with van der Waals surface area (Å²) in [4.78, 5) is 0. The fraction of sp³-hybridized carbons (Fsp3) is 0.750. The van der Waals surface area contributed by atoms with Gasteiger partial charge in [-0.05, 0) is 13.3 Å². The van der Waals surface area contributed by atoms with Gasteiger partial charge >= 0.3 is 0 Å². The number of hydrogen-bond donors (Lipinski definition) is 0. The molecule has 1 heterocycles. The molecule has 0 amide bonds. The largest absolute Gasteiger partial charge is 0.375 e. The Morgan fingerprint density at radius 1 is 1.50 bits per heavy atom. The van der Waals surface area contributed by atoms with E-state index in [1.54, 1.807) is 4.68 Å². The summed E-state index contributed by atoms with van der Waals surface area (Å²) >= 11 is 0. The van der Waals surface area contributed by atoms with Gasteiger partial charge in [0, 0.05) is 13.2 Å². The van der Waals surface area contributed by atoms with Crippen molar-refractivity contribution < 1.29 is 4.74 Å². The van der Waals surface area contributed by atoms with Gasteiger partial charge < -0.3 is 4.74 Å². The summed E-state index contributed by atoms with van der Waals surface area (Å²) in [6, 6.07) is 0. The van der Waals surface area contributed by atoms with E-state index in [0.717, 1.165) is 25.3 Å². The van der Waals surface area contributed by atoms with Crippen LogP contribution in [0.25, 0.3) is 0 Å². The molecular weight excluding hydrogens is 154 g/mol. The average molecular weight is 169 g/mol. The third-order valence-electron chi connectivity index (χ3n) is 1.51. The van der Waals surface area contributed by atoms with Gasteiger partial charge in [0.25, 0.3) is 0 Å². The highest BCUT2D eigenvalue weighted by Gasteiger charge is 1.97. The van der Waals surface area contributed by atoms with Crippen molar-refractivity contribution in [3.8, 4) is 0 Å². The molecule has 0 N–H and O–H groups in total. The van der Waals surface area contributed by atoms with Crippen molar-refractivity contribution in [1.82, 2.24) is 15.0 Å². The zero-order valence-corrected chi connectivity index (χ0v) is 7.66. The Balaban J connectivity index is 2.31. The molecule has 1 rings (SSSR count). The lowest BCUT2D eigenvalue weighted by atomic mass is 10.5. The van der Waals surface area contributed by atoms with E-state index >= 15 is 0 Å². The standard InChI is InChI=1S/C8H15N3O/c1-3-5-12-7-8-6-11(4-2)10-9-8/h6H,3-5,7H2,1-2H3. The zero-order valence-electron chi connectivity index (χ0n) is 7.66. The zero-order chi connectivity index (χ0) is 8.81. The minimum atomic E-state index is 0.577. The lowest BCUT2D eigenvalue weighted by Gasteiger charge is -1.96. The Kier molecular flexibility index (Phi) is 3.73. The second-order valence-electron chi connectivity index (χ2n) is 2.62. The van der Waals surface area contributed by atoms with Crippen LogP contribution in [-0.4, -0.2) is 21.6 Å². The van der Waals surface area contributed by atoms with Crippen LogP contribution in [-0.2, 0) is 17.9 Å². The summed E-state index contributed by atoms with van der Waals surface area (Å²) in [5, 5.41) is 7.85. The number of nitrogens with zero attached hydrogens (tertiary/aromatic N) is 3. The summed E-state index contributed by atoms with van der Waals surface area (Å²) in [6.45, 7) is 6.35. The van der Waals surface area contributed by atoms with Gasteiger partial charge in [0.2, 0.25) is 0 Å². The summed E-state index contributed by atoms with van der Waals surface area (Å²) in [5.41, 5.74) is 0.908. The van der Waals surface area contributed by atoms with Crippen molar-refractivity contribution in [1.29, 1.82) is 0 Å². The fourth-order valence-electron chi connectivity index (χ4n) is 0.880. The first-order valence-electron chi connectivity index (χ1n) is 4.33. The van der Waals surface area contributed by atoms with Crippen LogP contribution in [0.4, 0.5) is 0 Å². The van der Waals surface area contributed by atoms with Crippen LogP contribution in [0.3, 0.4) is 0 Å². The molecule has 0 bridgehead atoms. The minimum Gasteiger partial charge on any atom is -0.375 e. The predicted molar refractivity (Wildman–Crippen MR) is 45.6 cm³/mol. The van der Waals surface area contributed by atoms with Crippen molar-refractivity contribution in [2.45, 2.75) is 33.4 Å². The molecule has 0 unspecified atom stereocenters. The molecule has 0 radical (unpaired) electrons. The van der Waals surface area contributed by atoms with E-state index in [1.807, 2.05) is 13.1 Å². The Morgan fingerprint density at radius 2 is 2.33 bits per heavy atom. The SMILES string of the molecule is CCCOCc1cn(CC)nn1. The van der Waals surface area contributed by atoms with E-state index in [4.69, 9.17) is 4.74 Å². The quantitative estimate of drug-likeness (QED) is 0.622. The van der Waals surface area contributed by atoms with Gasteiger partial charge in [-0.1, -0.05) is 12.1 Å². The number of rotatable bonds is 5. The Morgan fingerprint density at radius 3 is 2.92 bits per heavy atom. The molecule has 0 aliphatic rings. The van der Waals surface area contributed by atoms with Crippen molar-refractivity contribution in [3.63, 3.8) is 0 Å². The molecule has 1 aromatic heterocycles. The highest BCUT2D eigenvalue weighted by atomic mass is 16.5. The lowest BCUT2D eigenvalue weighted by Crippen LogP contribution is -1.94. The molecule has 0 saturated heterocycles. The minimum absolute atomic E-state index is 0.577. The van der Waals surface area contributed by atoms with E-state index in [9.17, 15) is 0 Å². The smallest absolute Gasteiger partial charge is 0.108 e. The van der Waals surface area contributed by atoms with E-state index < -0.39 is 0 Å². The van der Waals surface area contributed by atoms with Crippen molar-refractivity contribution in [3.05, 3.63) is 11.9 Å². The number of hydrogen-bond acceptors (Lipinski definition) is 3. The van der Waals surface area contributed by atoms with Crippen LogP contribution in [0.1, 0.15) is 26.0 Å². The van der Waals surface area contributed by atoms with Gasteiger partial charge in [0.05, 0.1) is 12.8 Å². The summed E-state index contributed by atoms with van der Waals surface area (Å²) in [6.07, 6.45) is 2.96. The molecule has 0 aliphatic heterocycles. The predicted octanol–water partition coefficient (Wildman–Crippen LogP) is 1.22. The van der Waals surface area contributed by atoms with Gasteiger partial charge in [-0.15, -0.1) is 5.10 Å². The van der Waals surface area contributed by atoms with E-state index in [0.29, 0.717) is 6.61 Å². The van der Waals surface area contributed by atoms with Gasteiger partial charge in [-0.2, -0.15) is 0 Å². The molecule has 4 heteroatoms. The molecule has 4 nitrogen and oxygen atoms in total. The van der Waals surface area contributed by atoms with Gasteiger partial charge in [0.1, 0.15) is 5.69 Å². The van der Waals surface area contributed by atoms with E-state index in [1.165, 1.54) is 0 Å². The van der Waals surface area contributed by atoms with Gasteiger partial charge in [-0.25, -0.2) is 0 Å². The van der Waals surface area contributed by atoms with Crippen molar-refractivity contribution in [2.24, 2.45) is 0 Å².